The first kappa shape index (κ1) is 23.7. The number of para-hydroxylation sites is 1. The largest absolute Gasteiger partial charge is 0.493 e. The molecule has 0 saturated heterocycles. The molecule has 1 heterocycles. The zero-order chi connectivity index (χ0) is 24.1. The normalized spacial score (nSPS) is 15.5. The van der Waals surface area contributed by atoms with Crippen LogP contribution in [0.4, 0.5) is 18.9 Å². The van der Waals surface area contributed by atoms with Crippen LogP contribution in [0.1, 0.15) is 41.3 Å². The molecule has 3 aromatic rings. The van der Waals surface area contributed by atoms with Crippen LogP contribution in [0.15, 0.2) is 59.2 Å². The van der Waals surface area contributed by atoms with Crippen molar-refractivity contribution < 1.29 is 31.9 Å². The number of halogens is 3. The van der Waals surface area contributed by atoms with Crippen LogP contribution < -0.4 is 20.1 Å². The van der Waals surface area contributed by atoms with Crippen molar-refractivity contribution >= 4 is 11.6 Å². The second-order valence-corrected chi connectivity index (χ2v) is 7.99. The van der Waals surface area contributed by atoms with Gasteiger partial charge in [-0.15, -0.1) is 0 Å². The molecule has 0 bridgehead atoms. The molecule has 180 valence electrons. The quantitative estimate of drug-likeness (QED) is 0.452. The number of alkyl halides is 3. The standard InChI is InChI=1S/C25H25F3N2O4/c1-32-23-13-16(14-29-19-7-4-8-21-17(19)11-12-33-21)9-10-22(23)34-15-24(31)30-20-6-3-2-5-18(20)25(26,27)28/h2-3,5-6,9-13,19,29H,4,7-8,14-15H2,1H3,(H,30,31). The van der Waals surface area contributed by atoms with Gasteiger partial charge in [-0.1, -0.05) is 18.2 Å². The van der Waals surface area contributed by atoms with E-state index in [1.165, 1.54) is 30.9 Å². The van der Waals surface area contributed by atoms with Crippen LogP contribution in [-0.2, 0) is 23.9 Å². The average Bonchev–Trinajstić information content (AvgIpc) is 3.31. The van der Waals surface area contributed by atoms with Gasteiger partial charge in [-0.2, -0.15) is 13.2 Å². The second-order valence-electron chi connectivity index (χ2n) is 7.99. The van der Waals surface area contributed by atoms with E-state index in [1.54, 1.807) is 18.4 Å². The Labute approximate surface area is 195 Å². The summed E-state index contributed by atoms with van der Waals surface area (Å²) in [6, 6.07) is 12.3. The van der Waals surface area contributed by atoms with Gasteiger partial charge in [0.05, 0.1) is 24.6 Å². The van der Waals surface area contributed by atoms with Crippen LogP contribution in [0.5, 0.6) is 11.5 Å². The van der Waals surface area contributed by atoms with Crippen molar-refractivity contribution in [3.05, 3.63) is 77.2 Å². The number of ether oxygens (including phenoxy) is 2. The van der Waals surface area contributed by atoms with E-state index in [9.17, 15) is 18.0 Å². The molecule has 1 aliphatic rings. The number of anilines is 1. The second kappa shape index (κ2) is 10.2. The topological polar surface area (TPSA) is 72.7 Å². The highest BCUT2D eigenvalue weighted by Gasteiger charge is 2.33. The van der Waals surface area contributed by atoms with E-state index in [2.05, 4.69) is 10.6 Å². The lowest BCUT2D eigenvalue weighted by Gasteiger charge is -2.23. The number of fused-ring (bicyclic) bond motifs is 1. The number of carbonyl (C=O) groups excluding carboxylic acids is 1. The van der Waals surface area contributed by atoms with Gasteiger partial charge in [0.1, 0.15) is 5.76 Å². The third-order valence-electron chi connectivity index (χ3n) is 5.70. The summed E-state index contributed by atoms with van der Waals surface area (Å²) in [5.41, 5.74) is 0.915. The first-order chi connectivity index (χ1) is 16.3. The van der Waals surface area contributed by atoms with Crippen LogP contribution in [-0.4, -0.2) is 19.6 Å². The molecule has 2 N–H and O–H groups in total. The number of hydrogen-bond acceptors (Lipinski definition) is 5. The minimum absolute atomic E-state index is 0.215. The molecule has 6 nitrogen and oxygen atoms in total. The van der Waals surface area contributed by atoms with Gasteiger partial charge in [-0.3, -0.25) is 4.79 Å². The lowest BCUT2D eigenvalue weighted by molar-refractivity contribution is -0.137. The molecule has 1 amide bonds. The third kappa shape index (κ3) is 5.53. The Hall–Kier alpha value is -3.46. The summed E-state index contributed by atoms with van der Waals surface area (Å²) >= 11 is 0. The van der Waals surface area contributed by atoms with Crippen molar-refractivity contribution in [2.24, 2.45) is 0 Å². The van der Waals surface area contributed by atoms with Crippen molar-refractivity contribution in [3.63, 3.8) is 0 Å². The molecule has 34 heavy (non-hydrogen) atoms. The van der Waals surface area contributed by atoms with Gasteiger partial charge in [0.25, 0.3) is 5.91 Å². The molecule has 2 aromatic carbocycles. The van der Waals surface area contributed by atoms with E-state index in [-0.39, 0.29) is 11.7 Å². The molecular weight excluding hydrogens is 449 g/mol. The van der Waals surface area contributed by atoms with E-state index in [0.717, 1.165) is 36.7 Å². The summed E-state index contributed by atoms with van der Waals surface area (Å²) < 4.78 is 55.8. The van der Waals surface area contributed by atoms with Gasteiger partial charge in [0.2, 0.25) is 0 Å². The van der Waals surface area contributed by atoms with Crippen molar-refractivity contribution in [1.82, 2.24) is 5.32 Å². The molecular formula is C25H25F3N2O4. The highest BCUT2D eigenvalue weighted by atomic mass is 19.4. The molecule has 0 radical (unpaired) electrons. The average molecular weight is 474 g/mol. The molecule has 9 heteroatoms. The number of rotatable bonds is 8. The predicted octanol–water partition coefficient (Wildman–Crippen LogP) is 5.49. The molecule has 1 aromatic heterocycles. The molecule has 1 unspecified atom stereocenters. The molecule has 0 spiro atoms. The fourth-order valence-corrected chi connectivity index (χ4v) is 4.05. The van der Waals surface area contributed by atoms with E-state index < -0.39 is 24.3 Å². The molecule has 0 aliphatic heterocycles. The summed E-state index contributed by atoms with van der Waals surface area (Å²) in [5, 5.41) is 5.79. The number of methoxy groups -OCH3 is 1. The van der Waals surface area contributed by atoms with Crippen molar-refractivity contribution in [2.75, 3.05) is 19.0 Å². The number of benzene rings is 2. The first-order valence-electron chi connectivity index (χ1n) is 10.9. The van der Waals surface area contributed by atoms with Crippen molar-refractivity contribution in [3.8, 4) is 11.5 Å². The van der Waals surface area contributed by atoms with E-state index >= 15 is 0 Å². The lowest BCUT2D eigenvalue weighted by atomic mass is 9.93. The fraction of sp³-hybridized carbons (Fsp3) is 0.320. The van der Waals surface area contributed by atoms with Crippen LogP contribution in [0.3, 0.4) is 0 Å². The molecule has 0 saturated carbocycles. The number of nitrogens with one attached hydrogen (secondary N) is 2. The fourth-order valence-electron chi connectivity index (χ4n) is 4.05. The van der Waals surface area contributed by atoms with Crippen LogP contribution in [0, 0.1) is 0 Å². The Bertz CT molecular complexity index is 1140. The van der Waals surface area contributed by atoms with Crippen molar-refractivity contribution in [1.29, 1.82) is 0 Å². The van der Waals surface area contributed by atoms with Gasteiger partial charge in [-0.25, -0.2) is 0 Å². The van der Waals surface area contributed by atoms with Gasteiger partial charge in [0.15, 0.2) is 18.1 Å². The number of amides is 1. The molecule has 1 atom stereocenters. The maximum absolute atomic E-state index is 13.1. The minimum Gasteiger partial charge on any atom is -0.493 e. The maximum atomic E-state index is 13.1. The number of furan rings is 1. The monoisotopic (exact) mass is 474 g/mol. The van der Waals surface area contributed by atoms with E-state index in [0.29, 0.717) is 18.0 Å². The van der Waals surface area contributed by atoms with Gasteiger partial charge in [0, 0.05) is 24.6 Å². The van der Waals surface area contributed by atoms with Crippen LogP contribution in [0.2, 0.25) is 0 Å². The highest BCUT2D eigenvalue weighted by molar-refractivity contribution is 5.92. The molecule has 4 rings (SSSR count). The first-order valence-corrected chi connectivity index (χ1v) is 10.9. The summed E-state index contributed by atoms with van der Waals surface area (Å²) in [5.74, 6) is 1.06. The zero-order valence-corrected chi connectivity index (χ0v) is 18.6. The Morgan fingerprint density at radius 1 is 1.15 bits per heavy atom. The Morgan fingerprint density at radius 2 is 1.97 bits per heavy atom. The predicted molar refractivity (Wildman–Crippen MR) is 120 cm³/mol. The van der Waals surface area contributed by atoms with E-state index in [4.69, 9.17) is 13.9 Å². The lowest BCUT2D eigenvalue weighted by Crippen LogP contribution is -2.24. The number of aryl methyl sites for hydroxylation is 1. The van der Waals surface area contributed by atoms with Gasteiger partial charge in [-0.05, 0) is 48.7 Å². The SMILES string of the molecule is COc1cc(CNC2CCCc3occc32)ccc1OCC(=O)Nc1ccccc1C(F)(F)F. The minimum atomic E-state index is -4.57. The van der Waals surface area contributed by atoms with E-state index in [1.807, 2.05) is 12.1 Å². The third-order valence-corrected chi connectivity index (χ3v) is 5.70. The van der Waals surface area contributed by atoms with Gasteiger partial charge < -0.3 is 24.5 Å². The maximum Gasteiger partial charge on any atom is 0.418 e. The molecule has 1 aliphatic carbocycles. The number of hydrogen-bond donors (Lipinski definition) is 2. The summed E-state index contributed by atoms with van der Waals surface area (Å²) in [6.07, 6.45) is 0.184. The zero-order valence-electron chi connectivity index (χ0n) is 18.6. The van der Waals surface area contributed by atoms with Crippen LogP contribution >= 0.6 is 0 Å². The highest BCUT2D eigenvalue weighted by Crippen LogP contribution is 2.35. The Kier molecular flexibility index (Phi) is 7.12. The van der Waals surface area contributed by atoms with Gasteiger partial charge >= 0.3 is 6.18 Å². The van der Waals surface area contributed by atoms with Crippen molar-refractivity contribution in [2.45, 2.75) is 38.0 Å². The summed E-state index contributed by atoms with van der Waals surface area (Å²) in [4.78, 5) is 12.2. The Balaban J connectivity index is 1.35. The summed E-state index contributed by atoms with van der Waals surface area (Å²) in [7, 11) is 1.48. The molecule has 0 fully saturated rings. The number of carbonyl (C=O) groups is 1. The Morgan fingerprint density at radius 3 is 2.76 bits per heavy atom. The smallest absolute Gasteiger partial charge is 0.418 e. The van der Waals surface area contributed by atoms with Crippen LogP contribution in [0.25, 0.3) is 0 Å². The summed E-state index contributed by atoms with van der Waals surface area (Å²) in [6.45, 7) is 0.131.